The van der Waals surface area contributed by atoms with E-state index in [1.807, 2.05) is 36.6 Å². The standard InChI is InChI=1S/C13H17N5S/c1-4-14-12-10-6-19-7-11(10)15-13(16-12)9-5-18(3)17-8(9)2/h5H,4,6-7H2,1-3H3,(H,14,15,16). The smallest absolute Gasteiger partial charge is 0.165 e. The average molecular weight is 275 g/mol. The zero-order chi connectivity index (χ0) is 13.4. The number of hydrogen-bond donors (Lipinski definition) is 1. The van der Waals surface area contributed by atoms with Crippen LogP contribution >= 0.6 is 11.8 Å². The lowest BCUT2D eigenvalue weighted by Crippen LogP contribution is -2.06. The van der Waals surface area contributed by atoms with Crippen molar-refractivity contribution in [2.24, 2.45) is 7.05 Å². The maximum atomic E-state index is 4.72. The van der Waals surface area contributed by atoms with Gasteiger partial charge < -0.3 is 5.32 Å². The van der Waals surface area contributed by atoms with Gasteiger partial charge in [0.25, 0.3) is 0 Å². The lowest BCUT2D eigenvalue weighted by molar-refractivity contribution is 0.756. The Kier molecular flexibility index (Phi) is 3.18. The third-order valence-electron chi connectivity index (χ3n) is 3.18. The number of aryl methyl sites for hydroxylation is 2. The van der Waals surface area contributed by atoms with Gasteiger partial charge in [0.2, 0.25) is 0 Å². The van der Waals surface area contributed by atoms with Gasteiger partial charge in [0.05, 0.1) is 17.0 Å². The summed E-state index contributed by atoms with van der Waals surface area (Å²) in [6.45, 7) is 4.96. The van der Waals surface area contributed by atoms with Crippen LogP contribution in [0.15, 0.2) is 6.20 Å². The minimum Gasteiger partial charge on any atom is -0.370 e. The van der Waals surface area contributed by atoms with Gasteiger partial charge in [-0.15, -0.1) is 0 Å². The van der Waals surface area contributed by atoms with Gasteiger partial charge in [-0.3, -0.25) is 4.68 Å². The number of rotatable bonds is 3. The molecule has 0 fully saturated rings. The number of fused-ring (bicyclic) bond motifs is 1. The van der Waals surface area contributed by atoms with Crippen LogP contribution in [0.5, 0.6) is 0 Å². The van der Waals surface area contributed by atoms with Crippen molar-refractivity contribution >= 4 is 17.6 Å². The minimum absolute atomic E-state index is 0.780. The van der Waals surface area contributed by atoms with Crippen LogP contribution < -0.4 is 5.32 Å². The van der Waals surface area contributed by atoms with Crippen LogP contribution in [0.4, 0.5) is 5.82 Å². The first kappa shape index (κ1) is 12.5. The van der Waals surface area contributed by atoms with Gasteiger partial charge in [0.1, 0.15) is 5.82 Å². The molecule has 0 aromatic carbocycles. The summed E-state index contributed by atoms with van der Waals surface area (Å²) in [5.74, 6) is 3.74. The Morgan fingerprint density at radius 1 is 1.37 bits per heavy atom. The molecule has 0 radical (unpaired) electrons. The van der Waals surface area contributed by atoms with Crippen molar-refractivity contribution < 1.29 is 0 Å². The normalized spacial score (nSPS) is 13.6. The second kappa shape index (κ2) is 4.85. The number of aromatic nitrogens is 4. The maximum absolute atomic E-state index is 4.72. The van der Waals surface area contributed by atoms with Gasteiger partial charge >= 0.3 is 0 Å². The molecule has 0 unspecified atom stereocenters. The number of nitrogens with one attached hydrogen (secondary N) is 1. The van der Waals surface area contributed by atoms with E-state index in [0.29, 0.717) is 0 Å². The Labute approximate surface area is 116 Å². The Bertz CT molecular complexity index is 620. The van der Waals surface area contributed by atoms with Crippen molar-refractivity contribution in [3.8, 4) is 11.4 Å². The van der Waals surface area contributed by atoms with Gasteiger partial charge in [-0.1, -0.05) is 0 Å². The molecule has 5 nitrogen and oxygen atoms in total. The van der Waals surface area contributed by atoms with Crippen molar-refractivity contribution in [1.82, 2.24) is 19.7 Å². The van der Waals surface area contributed by atoms with Crippen LogP contribution in [0.3, 0.4) is 0 Å². The first-order chi connectivity index (χ1) is 9.19. The van der Waals surface area contributed by atoms with Crippen molar-refractivity contribution in [3.63, 3.8) is 0 Å². The highest BCUT2D eigenvalue weighted by molar-refractivity contribution is 7.98. The van der Waals surface area contributed by atoms with Crippen molar-refractivity contribution in [2.45, 2.75) is 25.4 Å². The fraction of sp³-hybridized carbons (Fsp3) is 0.462. The van der Waals surface area contributed by atoms with Crippen LogP contribution in [-0.4, -0.2) is 26.3 Å². The minimum atomic E-state index is 0.780. The fourth-order valence-corrected chi connectivity index (χ4v) is 3.35. The molecule has 0 aliphatic carbocycles. The summed E-state index contributed by atoms with van der Waals surface area (Å²) in [6, 6.07) is 0. The summed E-state index contributed by atoms with van der Waals surface area (Å²) < 4.78 is 1.81. The molecule has 2 aromatic rings. The van der Waals surface area contributed by atoms with E-state index in [1.165, 1.54) is 5.56 Å². The fourth-order valence-electron chi connectivity index (χ4n) is 2.30. The summed E-state index contributed by atoms with van der Waals surface area (Å²) in [5.41, 5.74) is 4.41. The summed E-state index contributed by atoms with van der Waals surface area (Å²) >= 11 is 1.89. The molecular formula is C13H17N5S. The average Bonchev–Trinajstić information content (AvgIpc) is 2.95. The van der Waals surface area contributed by atoms with E-state index in [4.69, 9.17) is 4.98 Å². The first-order valence-corrected chi connectivity index (χ1v) is 7.56. The molecule has 0 saturated carbocycles. The van der Waals surface area contributed by atoms with E-state index in [0.717, 1.165) is 46.6 Å². The van der Waals surface area contributed by atoms with E-state index >= 15 is 0 Å². The van der Waals surface area contributed by atoms with Crippen molar-refractivity contribution in [3.05, 3.63) is 23.1 Å². The van der Waals surface area contributed by atoms with Gasteiger partial charge in [-0.25, -0.2) is 9.97 Å². The number of hydrogen-bond acceptors (Lipinski definition) is 5. The van der Waals surface area contributed by atoms with E-state index in [-0.39, 0.29) is 0 Å². The molecule has 0 amide bonds. The third kappa shape index (κ3) is 2.20. The molecule has 1 N–H and O–H groups in total. The van der Waals surface area contributed by atoms with E-state index in [2.05, 4.69) is 22.3 Å². The lowest BCUT2D eigenvalue weighted by Gasteiger charge is -2.10. The second-order valence-electron chi connectivity index (χ2n) is 4.65. The quantitative estimate of drug-likeness (QED) is 0.932. The monoisotopic (exact) mass is 275 g/mol. The Balaban J connectivity index is 2.12. The zero-order valence-corrected chi connectivity index (χ0v) is 12.2. The van der Waals surface area contributed by atoms with Gasteiger partial charge in [-0.2, -0.15) is 16.9 Å². The molecule has 6 heteroatoms. The topological polar surface area (TPSA) is 55.6 Å². The van der Waals surface area contributed by atoms with Crippen LogP contribution in [0, 0.1) is 6.92 Å². The summed E-state index contributed by atoms with van der Waals surface area (Å²) in [5, 5.41) is 7.72. The van der Waals surface area contributed by atoms with E-state index in [9.17, 15) is 0 Å². The van der Waals surface area contributed by atoms with Crippen molar-refractivity contribution in [2.75, 3.05) is 11.9 Å². The highest BCUT2D eigenvalue weighted by Gasteiger charge is 2.21. The predicted molar refractivity (Wildman–Crippen MR) is 78.1 cm³/mol. The first-order valence-electron chi connectivity index (χ1n) is 6.41. The molecule has 3 heterocycles. The molecule has 2 aromatic heterocycles. The molecule has 100 valence electrons. The lowest BCUT2D eigenvalue weighted by atomic mass is 10.2. The molecule has 1 aliphatic rings. The zero-order valence-electron chi connectivity index (χ0n) is 11.4. The summed E-state index contributed by atoms with van der Waals surface area (Å²) in [6.07, 6.45) is 1.98. The molecule has 19 heavy (non-hydrogen) atoms. The highest BCUT2D eigenvalue weighted by atomic mass is 32.2. The summed E-state index contributed by atoms with van der Waals surface area (Å²) in [4.78, 5) is 9.40. The number of anilines is 1. The SMILES string of the molecule is CCNc1nc(-c2cn(C)nc2C)nc2c1CSC2. The molecule has 0 saturated heterocycles. The Hall–Kier alpha value is -1.56. The number of nitrogens with zero attached hydrogens (tertiary/aromatic N) is 4. The largest absolute Gasteiger partial charge is 0.370 e. The molecule has 0 spiro atoms. The molecule has 3 rings (SSSR count). The van der Waals surface area contributed by atoms with E-state index in [1.54, 1.807) is 0 Å². The Morgan fingerprint density at radius 2 is 2.21 bits per heavy atom. The van der Waals surface area contributed by atoms with Crippen LogP contribution in [0.1, 0.15) is 23.9 Å². The molecule has 0 atom stereocenters. The van der Waals surface area contributed by atoms with Crippen LogP contribution in [0.25, 0.3) is 11.4 Å². The second-order valence-corrected chi connectivity index (χ2v) is 5.63. The van der Waals surface area contributed by atoms with Gasteiger partial charge in [0.15, 0.2) is 5.82 Å². The predicted octanol–water partition coefficient (Wildman–Crippen LogP) is 2.36. The summed E-state index contributed by atoms with van der Waals surface area (Å²) in [7, 11) is 1.92. The van der Waals surface area contributed by atoms with E-state index < -0.39 is 0 Å². The van der Waals surface area contributed by atoms with Crippen LogP contribution in [-0.2, 0) is 18.6 Å². The van der Waals surface area contributed by atoms with Crippen molar-refractivity contribution in [1.29, 1.82) is 0 Å². The maximum Gasteiger partial charge on any atom is 0.165 e. The third-order valence-corrected chi connectivity index (χ3v) is 4.15. The van der Waals surface area contributed by atoms with Crippen LogP contribution in [0.2, 0.25) is 0 Å². The molecule has 0 bridgehead atoms. The highest BCUT2D eigenvalue weighted by Crippen LogP contribution is 2.34. The van der Waals surface area contributed by atoms with Gasteiger partial charge in [-0.05, 0) is 13.8 Å². The number of thioether (sulfide) groups is 1. The van der Waals surface area contributed by atoms with Gasteiger partial charge in [0, 0.05) is 36.9 Å². The Morgan fingerprint density at radius 3 is 2.89 bits per heavy atom. The molecular weight excluding hydrogens is 258 g/mol. The molecule has 1 aliphatic heterocycles.